The summed E-state index contributed by atoms with van der Waals surface area (Å²) in [5, 5.41) is 7.28. The third kappa shape index (κ3) is 10.6. The van der Waals surface area contributed by atoms with Crippen LogP contribution in [0, 0.1) is 17.3 Å². The van der Waals surface area contributed by atoms with Crippen LogP contribution in [0.1, 0.15) is 97.2 Å². The topological polar surface area (TPSA) is 108 Å². The van der Waals surface area contributed by atoms with E-state index in [1.165, 1.54) is 5.01 Å². The minimum atomic E-state index is -0.805. The van der Waals surface area contributed by atoms with Crippen molar-refractivity contribution < 1.29 is 19.2 Å². The van der Waals surface area contributed by atoms with Gasteiger partial charge in [-0.15, -0.1) is 6.58 Å². The number of hydrogen-bond donors (Lipinski definition) is 3. The molecule has 0 spiro atoms. The predicted molar refractivity (Wildman–Crippen MR) is 164 cm³/mol. The number of ketones is 1. The maximum absolute atomic E-state index is 13.2. The van der Waals surface area contributed by atoms with Gasteiger partial charge in [0, 0.05) is 25.3 Å². The Labute approximate surface area is 246 Å². The maximum atomic E-state index is 13.2. The van der Waals surface area contributed by atoms with Gasteiger partial charge in [-0.25, -0.2) is 5.43 Å². The Morgan fingerprint density at radius 1 is 1.12 bits per heavy atom. The number of carbonyl (C=O) groups excluding carboxylic acids is 4. The second-order valence-electron chi connectivity index (χ2n) is 12.4. The predicted octanol–water partition coefficient (Wildman–Crippen LogP) is 5.12. The van der Waals surface area contributed by atoms with E-state index in [9.17, 15) is 19.2 Å². The Bertz CT molecular complexity index is 1100. The lowest BCUT2D eigenvalue weighted by Crippen LogP contribution is -2.61. The molecule has 1 heterocycles. The molecule has 1 aromatic rings. The minimum Gasteiger partial charge on any atom is -0.348 e. The van der Waals surface area contributed by atoms with E-state index in [1.807, 2.05) is 51.1 Å². The van der Waals surface area contributed by atoms with E-state index in [1.54, 1.807) is 13.0 Å². The van der Waals surface area contributed by atoms with Crippen molar-refractivity contribution in [3.63, 3.8) is 0 Å². The molecule has 3 amide bonds. The van der Waals surface area contributed by atoms with E-state index in [-0.39, 0.29) is 47.3 Å². The lowest BCUT2D eigenvalue weighted by molar-refractivity contribution is -0.143. The van der Waals surface area contributed by atoms with Crippen molar-refractivity contribution in [1.82, 2.24) is 21.1 Å². The number of hydrazine groups is 1. The van der Waals surface area contributed by atoms with Gasteiger partial charge in [0.05, 0.1) is 6.04 Å². The average molecular weight is 567 g/mol. The molecule has 8 nitrogen and oxygen atoms in total. The van der Waals surface area contributed by atoms with Crippen LogP contribution >= 0.6 is 0 Å². The summed E-state index contributed by atoms with van der Waals surface area (Å²) >= 11 is 0. The van der Waals surface area contributed by atoms with Gasteiger partial charge in [0.15, 0.2) is 0 Å². The normalized spacial score (nSPS) is 17.7. The molecule has 2 rings (SSSR count). The molecule has 1 aliphatic heterocycles. The first-order valence-corrected chi connectivity index (χ1v) is 14.8. The van der Waals surface area contributed by atoms with Crippen LogP contribution in [0.15, 0.2) is 43.5 Å². The van der Waals surface area contributed by atoms with Gasteiger partial charge >= 0.3 is 0 Å². The van der Waals surface area contributed by atoms with Crippen LogP contribution in [-0.4, -0.2) is 47.1 Å². The van der Waals surface area contributed by atoms with Gasteiger partial charge in [0.1, 0.15) is 17.9 Å². The summed E-state index contributed by atoms with van der Waals surface area (Å²) in [6.45, 7) is 19.6. The van der Waals surface area contributed by atoms with Gasteiger partial charge in [0.2, 0.25) is 11.8 Å². The fourth-order valence-corrected chi connectivity index (χ4v) is 5.05. The first kappa shape index (κ1) is 33.9. The molecule has 1 aliphatic rings. The molecule has 4 atom stereocenters. The number of Topliss-reactive ketones (excluding diaryl/α,β-unsaturated/α-hetero) is 1. The van der Waals surface area contributed by atoms with Crippen LogP contribution in [0.5, 0.6) is 0 Å². The minimum absolute atomic E-state index is 0.0151. The summed E-state index contributed by atoms with van der Waals surface area (Å²) in [6.07, 6.45) is 6.98. The number of nitrogens with one attached hydrogen (secondary N) is 3. The van der Waals surface area contributed by atoms with Crippen LogP contribution in [0.4, 0.5) is 0 Å². The number of rotatable bonds is 15. The number of hydrogen-bond acceptors (Lipinski definition) is 5. The fraction of sp³-hybridized carbons (Fsp3) is 0.576. The van der Waals surface area contributed by atoms with E-state index in [0.29, 0.717) is 25.8 Å². The smallest absolute Gasteiger partial charge is 0.258 e. The van der Waals surface area contributed by atoms with Crippen molar-refractivity contribution in [2.75, 3.05) is 6.54 Å². The summed E-state index contributed by atoms with van der Waals surface area (Å²) in [5.41, 5.74) is 4.98. The van der Waals surface area contributed by atoms with Crippen molar-refractivity contribution in [2.45, 2.75) is 98.2 Å². The Morgan fingerprint density at radius 3 is 2.46 bits per heavy atom. The molecule has 0 unspecified atom stereocenters. The van der Waals surface area contributed by atoms with Gasteiger partial charge < -0.3 is 10.6 Å². The highest BCUT2D eigenvalue weighted by Crippen LogP contribution is 2.28. The van der Waals surface area contributed by atoms with Gasteiger partial charge in [-0.2, -0.15) is 0 Å². The highest BCUT2D eigenvalue weighted by atomic mass is 16.2. The van der Waals surface area contributed by atoms with Gasteiger partial charge in [-0.1, -0.05) is 64.6 Å². The second kappa shape index (κ2) is 15.7. The summed E-state index contributed by atoms with van der Waals surface area (Å²) in [4.78, 5) is 52.2. The maximum Gasteiger partial charge on any atom is 0.258 e. The number of benzene rings is 1. The van der Waals surface area contributed by atoms with Crippen LogP contribution in [0.25, 0.3) is 6.08 Å². The lowest BCUT2D eigenvalue weighted by Gasteiger charge is -2.35. The molecule has 3 N–H and O–H groups in total. The highest BCUT2D eigenvalue weighted by Gasteiger charge is 2.33. The number of allylic oxidation sites excluding steroid dienone is 1. The Balaban J connectivity index is 1.93. The zero-order valence-electron chi connectivity index (χ0n) is 25.8. The van der Waals surface area contributed by atoms with Crippen molar-refractivity contribution in [1.29, 1.82) is 0 Å². The fourth-order valence-electron chi connectivity index (χ4n) is 5.05. The van der Waals surface area contributed by atoms with Crippen molar-refractivity contribution >= 4 is 29.6 Å². The quantitative estimate of drug-likeness (QED) is 0.256. The Hall–Kier alpha value is -3.26. The largest absolute Gasteiger partial charge is 0.348 e. The van der Waals surface area contributed by atoms with Crippen LogP contribution in [-0.2, 0) is 19.2 Å². The number of nitrogens with zero attached hydrogens (tertiary/aromatic N) is 1. The van der Waals surface area contributed by atoms with Gasteiger partial charge in [-0.3, -0.25) is 24.2 Å². The first-order chi connectivity index (χ1) is 19.3. The highest BCUT2D eigenvalue weighted by molar-refractivity contribution is 5.91. The van der Waals surface area contributed by atoms with Gasteiger partial charge in [0.25, 0.3) is 5.91 Å². The molecular formula is C33H50N4O4. The van der Waals surface area contributed by atoms with E-state index in [4.69, 9.17) is 0 Å². The zero-order valence-corrected chi connectivity index (χ0v) is 25.8. The first-order valence-electron chi connectivity index (χ1n) is 14.8. The summed E-state index contributed by atoms with van der Waals surface area (Å²) in [6, 6.07) is 6.23. The molecular weight excluding hydrogens is 516 g/mol. The molecule has 8 heteroatoms. The van der Waals surface area contributed by atoms with Gasteiger partial charge in [-0.05, 0) is 68.1 Å². The average Bonchev–Trinajstić information content (AvgIpc) is 2.94. The second-order valence-corrected chi connectivity index (χ2v) is 12.4. The summed E-state index contributed by atoms with van der Waals surface area (Å²) in [5.74, 6) is -1.34. The van der Waals surface area contributed by atoms with E-state index >= 15 is 0 Å². The van der Waals surface area contributed by atoms with E-state index in [0.717, 1.165) is 24.0 Å². The summed E-state index contributed by atoms with van der Waals surface area (Å²) in [7, 11) is 0. The lowest BCUT2D eigenvalue weighted by atomic mass is 9.82. The number of amides is 3. The molecule has 1 aromatic carbocycles. The molecule has 0 aliphatic carbocycles. The third-order valence-corrected chi connectivity index (χ3v) is 7.87. The SMILES string of the molecule is C=CCC(C)(C)CCC(=O)C[C@H](C(=O)N[C@@H](C)C(=O)N1CCC[C@@H](C(=O)N[C@H](C)c2cccc(C=C)c2)N1)C(C)C. The molecule has 0 aromatic heterocycles. The Morgan fingerprint density at radius 2 is 1.83 bits per heavy atom. The molecule has 0 radical (unpaired) electrons. The molecule has 0 saturated carbocycles. The van der Waals surface area contributed by atoms with E-state index < -0.39 is 18.0 Å². The third-order valence-electron chi connectivity index (χ3n) is 7.87. The van der Waals surface area contributed by atoms with Crippen molar-refractivity contribution in [3.05, 3.63) is 54.6 Å². The zero-order chi connectivity index (χ0) is 30.7. The van der Waals surface area contributed by atoms with Crippen molar-refractivity contribution in [3.8, 4) is 0 Å². The van der Waals surface area contributed by atoms with Crippen molar-refractivity contribution in [2.24, 2.45) is 17.3 Å². The van der Waals surface area contributed by atoms with E-state index in [2.05, 4.69) is 43.1 Å². The number of carbonyl (C=O) groups is 4. The summed E-state index contributed by atoms with van der Waals surface area (Å²) < 4.78 is 0. The Kier molecular flexibility index (Phi) is 13.0. The molecule has 41 heavy (non-hydrogen) atoms. The standard InChI is InChI=1S/C33H50N4O4/c1-9-17-33(7,8)18-16-27(38)21-28(22(3)4)30(39)35-24(6)32(41)37-19-12-15-29(36-37)31(40)34-23(5)26-14-11-13-25(10-2)20-26/h9-11,13-14,20,22-24,28-29,36H,1-2,12,15-19,21H2,3-8H3,(H,34,40)(H,35,39)/t23-,24+,28+,29+/m1/s1. The van der Waals surface area contributed by atoms with Crippen LogP contribution < -0.4 is 16.1 Å². The molecule has 0 bridgehead atoms. The monoisotopic (exact) mass is 566 g/mol. The molecule has 226 valence electrons. The molecule has 1 saturated heterocycles. The van der Waals surface area contributed by atoms with Crippen LogP contribution in [0.3, 0.4) is 0 Å². The van der Waals surface area contributed by atoms with Crippen LogP contribution in [0.2, 0.25) is 0 Å². The molecule has 1 fully saturated rings.